The molecule has 0 spiro atoms. The van der Waals surface area contributed by atoms with Crippen molar-refractivity contribution in [2.24, 2.45) is 0 Å². The predicted octanol–water partition coefficient (Wildman–Crippen LogP) is 4.21. The first kappa shape index (κ1) is 38.4. The van der Waals surface area contributed by atoms with Gasteiger partial charge in [-0.25, -0.2) is 0 Å². The molecule has 244 valence electrons. The van der Waals surface area contributed by atoms with Crippen LogP contribution in [-0.2, 0) is 14.3 Å². The van der Waals surface area contributed by atoms with Gasteiger partial charge in [0.25, 0.3) is 0 Å². The average Bonchev–Trinajstić information content (AvgIpc) is 2.98. The first-order valence-electron chi connectivity index (χ1n) is 16.2. The van der Waals surface area contributed by atoms with Crippen LogP contribution in [0.2, 0.25) is 0 Å². The second-order valence-corrected chi connectivity index (χ2v) is 11.2. The van der Waals surface area contributed by atoms with Crippen LogP contribution in [-0.4, -0.2) is 87.5 Å². The quantitative estimate of drug-likeness (QED) is 0.0716. The van der Waals surface area contributed by atoms with Crippen LogP contribution in [0.3, 0.4) is 0 Å². The van der Waals surface area contributed by atoms with Crippen molar-refractivity contribution in [3.63, 3.8) is 0 Å². The van der Waals surface area contributed by atoms with E-state index < -0.39 is 49.5 Å². The van der Waals surface area contributed by atoms with Crippen LogP contribution in [0.1, 0.15) is 110 Å². The summed E-state index contributed by atoms with van der Waals surface area (Å²) in [6, 6.07) is -0.819. The van der Waals surface area contributed by atoms with Crippen molar-refractivity contribution < 1.29 is 39.8 Å². The Balaban J connectivity index is 2.34. The maximum Gasteiger partial charge on any atom is 0.220 e. The zero-order valence-electron chi connectivity index (χ0n) is 26.0. The van der Waals surface area contributed by atoms with Crippen molar-refractivity contribution in [1.29, 1.82) is 0 Å². The van der Waals surface area contributed by atoms with Gasteiger partial charge in [-0.3, -0.25) is 4.79 Å². The molecule has 1 rings (SSSR count). The summed E-state index contributed by atoms with van der Waals surface area (Å²) in [6.45, 7) is 3.34. The SMILES string of the molecule is CCCCCCCCCC/C=C/CC/C=C/CC/C=C/C(O)C(COC1OC(CO)C(O)C(O)C1O)NC(=O)CCC. The highest BCUT2D eigenvalue weighted by atomic mass is 16.7. The molecule has 9 heteroatoms. The van der Waals surface area contributed by atoms with Gasteiger partial charge in [0, 0.05) is 6.42 Å². The molecule has 1 saturated heterocycles. The third-order valence-corrected chi connectivity index (χ3v) is 7.42. The molecule has 1 fully saturated rings. The molecule has 1 aliphatic heterocycles. The molecule has 7 atom stereocenters. The molecule has 6 N–H and O–H groups in total. The third kappa shape index (κ3) is 16.9. The van der Waals surface area contributed by atoms with E-state index in [1.165, 1.54) is 57.8 Å². The van der Waals surface area contributed by atoms with Gasteiger partial charge in [0.05, 0.1) is 25.4 Å². The van der Waals surface area contributed by atoms with E-state index in [0.717, 1.165) is 25.7 Å². The van der Waals surface area contributed by atoms with Gasteiger partial charge >= 0.3 is 0 Å². The fourth-order valence-electron chi connectivity index (χ4n) is 4.76. The Bertz CT molecular complexity index is 756. The smallest absolute Gasteiger partial charge is 0.220 e. The standard InChI is InChI=1S/C33H59NO8/c1-3-5-6-7-8-9-10-11-12-13-14-15-16-17-18-19-20-21-23-27(36)26(34-29(37)22-4-2)25-41-33-32(40)31(39)30(38)28(24-35)42-33/h13-14,17-18,21,23,26-28,30-33,35-36,38-40H,3-12,15-16,19-20,22,24-25H2,1-2H3,(H,34,37)/b14-13+,18-17+,23-21+. The van der Waals surface area contributed by atoms with E-state index in [2.05, 4.69) is 36.5 Å². The van der Waals surface area contributed by atoms with E-state index in [-0.39, 0.29) is 18.9 Å². The topological polar surface area (TPSA) is 149 Å². The molecule has 0 bridgehead atoms. The Morgan fingerprint density at radius 1 is 0.786 bits per heavy atom. The molecule has 1 heterocycles. The van der Waals surface area contributed by atoms with Crippen molar-refractivity contribution in [2.45, 2.75) is 153 Å². The lowest BCUT2D eigenvalue weighted by atomic mass is 9.99. The fraction of sp³-hybridized carbons (Fsp3) is 0.788. The Morgan fingerprint density at radius 3 is 1.95 bits per heavy atom. The number of hydrogen-bond donors (Lipinski definition) is 6. The second-order valence-electron chi connectivity index (χ2n) is 11.2. The molecule has 1 amide bonds. The maximum absolute atomic E-state index is 12.2. The van der Waals surface area contributed by atoms with Crippen LogP contribution in [0.25, 0.3) is 0 Å². The van der Waals surface area contributed by atoms with Crippen LogP contribution < -0.4 is 5.32 Å². The minimum absolute atomic E-state index is 0.212. The number of allylic oxidation sites excluding steroid dienone is 5. The molecule has 0 aromatic rings. The second kappa shape index (κ2) is 24.8. The van der Waals surface area contributed by atoms with Gasteiger partial charge in [-0.05, 0) is 44.9 Å². The zero-order valence-corrected chi connectivity index (χ0v) is 26.0. The molecule has 42 heavy (non-hydrogen) atoms. The number of amides is 1. The number of ether oxygens (including phenoxy) is 2. The summed E-state index contributed by atoms with van der Waals surface area (Å²) < 4.78 is 10.9. The minimum atomic E-state index is -1.57. The summed E-state index contributed by atoms with van der Waals surface area (Å²) in [6.07, 6.45) is 20.7. The van der Waals surface area contributed by atoms with Gasteiger partial charge < -0.3 is 40.3 Å². The first-order valence-corrected chi connectivity index (χ1v) is 16.2. The van der Waals surface area contributed by atoms with Crippen molar-refractivity contribution >= 4 is 5.91 Å². The molecular weight excluding hydrogens is 538 g/mol. The lowest BCUT2D eigenvalue weighted by molar-refractivity contribution is -0.302. The van der Waals surface area contributed by atoms with Gasteiger partial charge in [-0.1, -0.05) is 95.2 Å². The molecule has 0 radical (unpaired) electrons. The van der Waals surface area contributed by atoms with E-state index >= 15 is 0 Å². The van der Waals surface area contributed by atoms with Crippen LogP contribution in [0.5, 0.6) is 0 Å². The summed E-state index contributed by atoms with van der Waals surface area (Å²) in [5.41, 5.74) is 0. The van der Waals surface area contributed by atoms with E-state index in [9.17, 15) is 30.3 Å². The number of nitrogens with one attached hydrogen (secondary N) is 1. The Morgan fingerprint density at radius 2 is 1.36 bits per heavy atom. The molecule has 0 aliphatic carbocycles. The highest BCUT2D eigenvalue weighted by molar-refractivity contribution is 5.76. The number of carbonyl (C=O) groups excluding carboxylic acids is 1. The highest BCUT2D eigenvalue weighted by Crippen LogP contribution is 2.22. The molecule has 0 saturated carbocycles. The van der Waals surface area contributed by atoms with Gasteiger partial charge in [0.15, 0.2) is 6.29 Å². The zero-order chi connectivity index (χ0) is 31.0. The Kier molecular flexibility index (Phi) is 22.7. The third-order valence-electron chi connectivity index (χ3n) is 7.42. The van der Waals surface area contributed by atoms with Crippen molar-refractivity contribution in [3.8, 4) is 0 Å². The average molecular weight is 598 g/mol. The van der Waals surface area contributed by atoms with Crippen molar-refractivity contribution in [3.05, 3.63) is 36.5 Å². The summed E-state index contributed by atoms with van der Waals surface area (Å²) in [5.74, 6) is -0.248. The lowest BCUT2D eigenvalue weighted by Gasteiger charge is -2.40. The van der Waals surface area contributed by atoms with Crippen LogP contribution in [0, 0.1) is 0 Å². The summed E-state index contributed by atoms with van der Waals surface area (Å²) in [5, 5.41) is 52.9. The van der Waals surface area contributed by atoms with Gasteiger partial charge in [0.1, 0.15) is 24.4 Å². The maximum atomic E-state index is 12.2. The fourth-order valence-corrected chi connectivity index (χ4v) is 4.76. The molecule has 1 aliphatic rings. The van der Waals surface area contributed by atoms with Crippen LogP contribution in [0.15, 0.2) is 36.5 Å². The highest BCUT2D eigenvalue weighted by Gasteiger charge is 2.44. The Hall–Kier alpha value is -1.59. The Labute approximate surface area is 253 Å². The van der Waals surface area contributed by atoms with E-state index in [0.29, 0.717) is 6.42 Å². The van der Waals surface area contributed by atoms with E-state index in [1.54, 1.807) is 6.08 Å². The number of rotatable bonds is 24. The molecule has 7 unspecified atom stereocenters. The van der Waals surface area contributed by atoms with Crippen molar-refractivity contribution in [1.82, 2.24) is 5.32 Å². The van der Waals surface area contributed by atoms with E-state index in [1.807, 2.05) is 13.0 Å². The summed E-state index contributed by atoms with van der Waals surface area (Å²) >= 11 is 0. The number of aliphatic hydroxyl groups excluding tert-OH is 5. The first-order chi connectivity index (χ1) is 20.3. The number of unbranched alkanes of at least 4 members (excludes halogenated alkanes) is 10. The van der Waals surface area contributed by atoms with E-state index in [4.69, 9.17) is 9.47 Å². The van der Waals surface area contributed by atoms with Crippen LogP contribution >= 0.6 is 0 Å². The predicted molar refractivity (Wildman–Crippen MR) is 166 cm³/mol. The molecule has 9 nitrogen and oxygen atoms in total. The largest absolute Gasteiger partial charge is 0.394 e. The molecule has 0 aromatic heterocycles. The summed E-state index contributed by atoms with van der Waals surface area (Å²) in [7, 11) is 0. The molecule has 0 aromatic carbocycles. The number of aliphatic hydroxyl groups is 5. The summed E-state index contributed by atoms with van der Waals surface area (Å²) in [4.78, 5) is 12.2. The lowest BCUT2D eigenvalue weighted by Crippen LogP contribution is -2.60. The van der Waals surface area contributed by atoms with Gasteiger partial charge in [-0.2, -0.15) is 0 Å². The van der Waals surface area contributed by atoms with Crippen molar-refractivity contribution in [2.75, 3.05) is 13.2 Å². The normalized spacial score (nSPS) is 24.6. The van der Waals surface area contributed by atoms with Gasteiger partial charge in [-0.15, -0.1) is 0 Å². The number of carbonyl (C=O) groups is 1. The number of hydrogen-bond acceptors (Lipinski definition) is 8. The van der Waals surface area contributed by atoms with Crippen LogP contribution in [0.4, 0.5) is 0 Å². The monoisotopic (exact) mass is 597 g/mol. The van der Waals surface area contributed by atoms with Gasteiger partial charge in [0.2, 0.25) is 5.91 Å². The minimum Gasteiger partial charge on any atom is -0.394 e. The molecular formula is C33H59NO8.